The lowest BCUT2D eigenvalue weighted by atomic mass is 10.1. The largest absolute Gasteiger partial charge is 0.394 e. The van der Waals surface area contributed by atoms with Crippen LogP contribution in [0.25, 0.3) is 22.0 Å². The van der Waals surface area contributed by atoms with Gasteiger partial charge in [0.2, 0.25) is 0 Å². The van der Waals surface area contributed by atoms with Crippen molar-refractivity contribution in [3.8, 4) is 11.3 Å². The van der Waals surface area contributed by atoms with E-state index >= 15 is 0 Å². The van der Waals surface area contributed by atoms with Crippen molar-refractivity contribution in [2.75, 3.05) is 11.9 Å². The van der Waals surface area contributed by atoms with Crippen molar-refractivity contribution in [2.45, 2.75) is 6.04 Å². The quantitative estimate of drug-likeness (QED) is 0.399. The van der Waals surface area contributed by atoms with Crippen molar-refractivity contribution in [3.05, 3.63) is 84.4 Å². The number of benzene rings is 3. The monoisotopic (exact) mass is 400 g/mol. The zero-order chi connectivity index (χ0) is 20.9. The van der Waals surface area contributed by atoms with Crippen LogP contribution in [0.5, 0.6) is 0 Å². The molecule has 7 nitrogen and oxygen atoms in total. The van der Waals surface area contributed by atoms with Gasteiger partial charge >= 0.3 is 0 Å². The van der Waals surface area contributed by atoms with E-state index in [1.807, 2.05) is 60.7 Å². The van der Waals surface area contributed by atoms with Gasteiger partial charge in [-0.15, -0.1) is 0 Å². The smallest absolute Gasteiger partial charge is 0.252 e. The maximum Gasteiger partial charge on any atom is 0.252 e. The summed E-state index contributed by atoms with van der Waals surface area (Å²) in [7, 11) is 0. The number of fused-ring (bicyclic) bond motifs is 1. The Hall–Kier alpha value is -3.97. The Morgan fingerprint density at radius 1 is 0.933 bits per heavy atom. The molecule has 4 rings (SSSR count). The Morgan fingerprint density at radius 2 is 1.67 bits per heavy atom. The van der Waals surface area contributed by atoms with Gasteiger partial charge in [0.15, 0.2) is 5.82 Å². The van der Waals surface area contributed by atoms with E-state index in [1.165, 1.54) is 0 Å². The SMILES string of the molecule is O=C(NC(CO)C(=O)Nc1cc(-c2ccccc2)[nH]n1)c1ccc2ccccc2c1. The van der Waals surface area contributed by atoms with Gasteiger partial charge in [0.05, 0.1) is 12.3 Å². The van der Waals surface area contributed by atoms with E-state index in [9.17, 15) is 14.7 Å². The van der Waals surface area contributed by atoms with Gasteiger partial charge in [-0.2, -0.15) is 5.10 Å². The van der Waals surface area contributed by atoms with Gasteiger partial charge in [0.25, 0.3) is 11.8 Å². The van der Waals surface area contributed by atoms with Crippen molar-refractivity contribution < 1.29 is 14.7 Å². The number of rotatable bonds is 6. The Labute approximate surface area is 172 Å². The highest BCUT2D eigenvalue weighted by atomic mass is 16.3. The van der Waals surface area contributed by atoms with Gasteiger partial charge in [0, 0.05) is 11.6 Å². The molecule has 0 fully saturated rings. The number of anilines is 1. The van der Waals surface area contributed by atoms with E-state index in [0.29, 0.717) is 11.4 Å². The summed E-state index contributed by atoms with van der Waals surface area (Å²) in [4.78, 5) is 25.1. The molecule has 0 spiro atoms. The van der Waals surface area contributed by atoms with E-state index in [0.717, 1.165) is 22.0 Å². The number of hydrogen-bond donors (Lipinski definition) is 4. The molecule has 7 heteroatoms. The number of carbonyl (C=O) groups is 2. The van der Waals surface area contributed by atoms with Crippen LogP contribution in [0.4, 0.5) is 5.82 Å². The minimum Gasteiger partial charge on any atom is -0.394 e. The molecule has 150 valence electrons. The van der Waals surface area contributed by atoms with Crippen LogP contribution in [0.1, 0.15) is 10.4 Å². The Bertz CT molecular complexity index is 1190. The molecule has 0 saturated heterocycles. The molecule has 0 bridgehead atoms. The third-order valence-corrected chi connectivity index (χ3v) is 4.73. The van der Waals surface area contributed by atoms with Gasteiger partial charge < -0.3 is 15.7 Å². The molecule has 0 aliphatic rings. The topological polar surface area (TPSA) is 107 Å². The van der Waals surface area contributed by atoms with Gasteiger partial charge in [-0.05, 0) is 28.5 Å². The van der Waals surface area contributed by atoms with Crippen molar-refractivity contribution in [1.29, 1.82) is 0 Å². The van der Waals surface area contributed by atoms with E-state index in [4.69, 9.17) is 0 Å². The average Bonchev–Trinajstić information content (AvgIpc) is 3.26. The lowest BCUT2D eigenvalue weighted by Gasteiger charge is -2.15. The molecule has 30 heavy (non-hydrogen) atoms. The molecular weight excluding hydrogens is 380 g/mol. The van der Waals surface area contributed by atoms with Crippen LogP contribution in [0, 0.1) is 0 Å². The molecule has 0 aliphatic carbocycles. The van der Waals surface area contributed by atoms with Crippen LogP contribution < -0.4 is 10.6 Å². The van der Waals surface area contributed by atoms with Gasteiger partial charge in [-0.25, -0.2) is 0 Å². The fourth-order valence-electron chi connectivity index (χ4n) is 3.13. The maximum absolute atomic E-state index is 12.6. The first-order valence-electron chi connectivity index (χ1n) is 9.46. The van der Waals surface area contributed by atoms with E-state index < -0.39 is 24.5 Å². The summed E-state index contributed by atoms with van der Waals surface area (Å²) in [5.41, 5.74) is 2.08. The second-order valence-electron chi connectivity index (χ2n) is 6.79. The molecule has 4 N–H and O–H groups in total. The molecule has 0 radical (unpaired) electrons. The first kappa shape index (κ1) is 19.4. The van der Waals surface area contributed by atoms with Crippen molar-refractivity contribution in [2.24, 2.45) is 0 Å². The molecule has 4 aromatic rings. The Balaban J connectivity index is 1.43. The molecule has 1 aromatic heterocycles. The highest BCUT2D eigenvalue weighted by Crippen LogP contribution is 2.19. The number of aromatic nitrogens is 2. The summed E-state index contributed by atoms with van der Waals surface area (Å²) in [6.07, 6.45) is 0. The summed E-state index contributed by atoms with van der Waals surface area (Å²) in [6.45, 7) is -0.541. The third-order valence-electron chi connectivity index (χ3n) is 4.73. The number of carbonyl (C=O) groups excluding carboxylic acids is 2. The average molecular weight is 400 g/mol. The van der Waals surface area contributed by atoms with Crippen molar-refractivity contribution in [1.82, 2.24) is 15.5 Å². The second kappa shape index (κ2) is 8.59. The molecule has 0 aliphatic heterocycles. The first-order valence-corrected chi connectivity index (χ1v) is 9.46. The number of amides is 2. The highest BCUT2D eigenvalue weighted by Gasteiger charge is 2.21. The minimum absolute atomic E-state index is 0.303. The molecule has 1 unspecified atom stereocenters. The number of aliphatic hydroxyl groups is 1. The Morgan fingerprint density at radius 3 is 2.43 bits per heavy atom. The van der Waals surface area contributed by atoms with E-state index in [2.05, 4.69) is 20.8 Å². The molecule has 1 heterocycles. The summed E-state index contributed by atoms with van der Waals surface area (Å²) in [5, 5.41) is 23.7. The predicted molar refractivity (Wildman–Crippen MR) is 115 cm³/mol. The number of hydrogen-bond acceptors (Lipinski definition) is 4. The zero-order valence-corrected chi connectivity index (χ0v) is 16.0. The first-order chi connectivity index (χ1) is 14.6. The van der Waals surface area contributed by atoms with Crippen LogP contribution in [0.2, 0.25) is 0 Å². The van der Waals surface area contributed by atoms with Crippen LogP contribution in [0.3, 0.4) is 0 Å². The second-order valence-corrected chi connectivity index (χ2v) is 6.79. The summed E-state index contributed by atoms with van der Waals surface area (Å²) in [5.74, 6) is -0.697. The predicted octanol–water partition coefficient (Wildman–Crippen LogP) is 2.96. The van der Waals surface area contributed by atoms with E-state index in [-0.39, 0.29) is 0 Å². The molecule has 1 atom stereocenters. The number of aromatic amines is 1. The van der Waals surface area contributed by atoms with Crippen LogP contribution in [-0.2, 0) is 4.79 Å². The van der Waals surface area contributed by atoms with Crippen molar-refractivity contribution >= 4 is 28.4 Å². The van der Waals surface area contributed by atoms with Gasteiger partial charge in [0.1, 0.15) is 6.04 Å². The van der Waals surface area contributed by atoms with Crippen LogP contribution >= 0.6 is 0 Å². The lowest BCUT2D eigenvalue weighted by molar-refractivity contribution is -0.118. The van der Waals surface area contributed by atoms with Crippen LogP contribution in [0.15, 0.2) is 78.9 Å². The fraction of sp³-hybridized carbons (Fsp3) is 0.0870. The summed E-state index contributed by atoms with van der Waals surface area (Å²) >= 11 is 0. The van der Waals surface area contributed by atoms with E-state index in [1.54, 1.807) is 18.2 Å². The highest BCUT2D eigenvalue weighted by molar-refractivity contribution is 6.02. The zero-order valence-electron chi connectivity index (χ0n) is 16.0. The number of nitrogens with one attached hydrogen (secondary N) is 3. The van der Waals surface area contributed by atoms with Crippen LogP contribution in [-0.4, -0.2) is 39.8 Å². The molecular formula is C23H20N4O3. The van der Waals surface area contributed by atoms with Crippen molar-refractivity contribution in [3.63, 3.8) is 0 Å². The maximum atomic E-state index is 12.6. The molecule has 3 aromatic carbocycles. The molecule has 2 amide bonds. The fourth-order valence-corrected chi connectivity index (χ4v) is 3.13. The third kappa shape index (κ3) is 4.21. The normalized spacial score (nSPS) is 11.8. The van der Waals surface area contributed by atoms with Gasteiger partial charge in [-0.1, -0.05) is 60.7 Å². The number of aliphatic hydroxyl groups excluding tert-OH is 1. The van der Waals surface area contributed by atoms with Gasteiger partial charge in [-0.3, -0.25) is 14.7 Å². The minimum atomic E-state index is -1.11. The Kier molecular flexibility index (Phi) is 5.54. The lowest BCUT2D eigenvalue weighted by Crippen LogP contribution is -2.46. The summed E-state index contributed by atoms with van der Waals surface area (Å²) in [6, 6.07) is 23.1. The number of nitrogens with zero attached hydrogens (tertiary/aromatic N) is 1. The standard InChI is InChI=1S/C23H20N4O3/c28-14-20(24-22(29)18-11-10-15-6-4-5-9-17(15)12-18)23(30)25-21-13-19(26-27-21)16-7-2-1-3-8-16/h1-13,20,28H,14H2,(H,24,29)(H2,25,26,27,30). The summed E-state index contributed by atoms with van der Waals surface area (Å²) < 4.78 is 0. The number of H-pyrrole nitrogens is 1. The molecule has 0 saturated carbocycles.